The van der Waals surface area contributed by atoms with Crippen LogP contribution in [0.15, 0.2) is 29.2 Å². The summed E-state index contributed by atoms with van der Waals surface area (Å²) in [6.45, 7) is 4.19. The molecular formula is C13H22N2O3S. The summed E-state index contributed by atoms with van der Waals surface area (Å²) in [5.41, 5.74) is 0.644. The first-order valence-corrected chi connectivity index (χ1v) is 7.78. The SMILES string of the molecule is CCC(C)(CCO)Nc1ccc(S(=O)(=O)NC)cc1. The van der Waals surface area contributed by atoms with Crippen LogP contribution < -0.4 is 10.0 Å². The predicted molar refractivity (Wildman–Crippen MR) is 76.7 cm³/mol. The molecule has 1 unspecified atom stereocenters. The fraction of sp³-hybridized carbons (Fsp3) is 0.538. The Hall–Kier alpha value is -1.11. The Labute approximate surface area is 115 Å². The molecule has 19 heavy (non-hydrogen) atoms. The molecule has 0 aliphatic rings. The highest BCUT2D eigenvalue weighted by atomic mass is 32.2. The maximum Gasteiger partial charge on any atom is 0.240 e. The van der Waals surface area contributed by atoms with Gasteiger partial charge in [-0.1, -0.05) is 6.92 Å². The zero-order chi connectivity index (χ0) is 14.5. The van der Waals surface area contributed by atoms with Gasteiger partial charge in [-0.2, -0.15) is 0 Å². The molecular weight excluding hydrogens is 264 g/mol. The first-order chi connectivity index (χ1) is 8.87. The van der Waals surface area contributed by atoms with Crippen LogP contribution in [0.3, 0.4) is 0 Å². The van der Waals surface area contributed by atoms with Crippen molar-refractivity contribution in [1.29, 1.82) is 0 Å². The zero-order valence-electron chi connectivity index (χ0n) is 11.6. The molecule has 0 heterocycles. The fourth-order valence-corrected chi connectivity index (χ4v) is 2.49. The van der Waals surface area contributed by atoms with E-state index in [2.05, 4.69) is 10.0 Å². The van der Waals surface area contributed by atoms with Crippen LogP contribution in [-0.2, 0) is 10.0 Å². The molecule has 5 nitrogen and oxygen atoms in total. The van der Waals surface area contributed by atoms with Gasteiger partial charge in [0.05, 0.1) is 4.90 Å². The highest BCUT2D eigenvalue weighted by molar-refractivity contribution is 7.89. The summed E-state index contributed by atoms with van der Waals surface area (Å²) in [5, 5.41) is 12.4. The molecule has 0 spiro atoms. The second-order valence-corrected chi connectivity index (χ2v) is 6.63. The van der Waals surface area contributed by atoms with E-state index in [1.807, 2.05) is 13.8 Å². The summed E-state index contributed by atoms with van der Waals surface area (Å²) in [6, 6.07) is 6.58. The Morgan fingerprint density at radius 1 is 1.26 bits per heavy atom. The second-order valence-electron chi connectivity index (χ2n) is 4.74. The van der Waals surface area contributed by atoms with Crippen molar-refractivity contribution in [3.05, 3.63) is 24.3 Å². The molecule has 1 rings (SSSR count). The van der Waals surface area contributed by atoms with Crippen LogP contribution in [-0.4, -0.2) is 32.7 Å². The van der Waals surface area contributed by atoms with Crippen molar-refractivity contribution in [2.45, 2.75) is 37.1 Å². The highest BCUT2D eigenvalue weighted by Gasteiger charge is 2.21. The third-order valence-electron chi connectivity index (χ3n) is 3.32. The lowest BCUT2D eigenvalue weighted by molar-refractivity contribution is 0.252. The molecule has 6 heteroatoms. The Balaban J connectivity index is 2.88. The molecule has 108 valence electrons. The Morgan fingerprint density at radius 2 is 1.84 bits per heavy atom. The summed E-state index contributed by atoms with van der Waals surface area (Å²) in [5.74, 6) is 0. The first kappa shape index (κ1) is 15.9. The van der Waals surface area contributed by atoms with Gasteiger partial charge in [0.1, 0.15) is 0 Å². The molecule has 1 aromatic rings. The number of benzene rings is 1. The number of aliphatic hydroxyl groups excluding tert-OH is 1. The minimum absolute atomic E-state index is 0.115. The van der Waals surface area contributed by atoms with E-state index in [4.69, 9.17) is 5.11 Å². The maximum atomic E-state index is 11.6. The average Bonchev–Trinajstić information content (AvgIpc) is 2.39. The van der Waals surface area contributed by atoms with Gasteiger partial charge in [-0.05, 0) is 51.1 Å². The van der Waals surface area contributed by atoms with Gasteiger partial charge in [0, 0.05) is 17.8 Å². The lowest BCUT2D eigenvalue weighted by Crippen LogP contribution is -2.35. The summed E-state index contributed by atoms with van der Waals surface area (Å²) < 4.78 is 25.5. The number of anilines is 1. The molecule has 1 atom stereocenters. The molecule has 3 N–H and O–H groups in total. The summed E-state index contributed by atoms with van der Waals surface area (Å²) in [6.07, 6.45) is 1.50. The van der Waals surface area contributed by atoms with Crippen LogP contribution in [0.25, 0.3) is 0 Å². The minimum atomic E-state index is -3.39. The van der Waals surface area contributed by atoms with Crippen molar-refractivity contribution < 1.29 is 13.5 Å². The van der Waals surface area contributed by atoms with E-state index in [-0.39, 0.29) is 17.0 Å². The van der Waals surface area contributed by atoms with Crippen molar-refractivity contribution in [2.24, 2.45) is 0 Å². The third-order valence-corrected chi connectivity index (χ3v) is 4.75. The van der Waals surface area contributed by atoms with E-state index in [9.17, 15) is 8.42 Å². The van der Waals surface area contributed by atoms with Gasteiger partial charge >= 0.3 is 0 Å². The topological polar surface area (TPSA) is 78.4 Å². The van der Waals surface area contributed by atoms with Gasteiger partial charge in [0.25, 0.3) is 0 Å². The van der Waals surface area contributed by atoms with Gasteiger partial charge in [0.15, 0.2) is 0 Å². The van der Waals surface area contributed by atoms with Gasteiger partial charge < -0.3 is 10.4 Å². The number of hydrogen-bond donors (Lipinski definition) is 3. The quantitative estimate of drug-likeness (QED) is 0.711. The van der Waals surface area contributed by atoms with Crippen molar-refractivity contribution in [3.8, 4) is 0 Å². The van der Waals surface area contributed by atoms with E-state index < -0.39 is 10.0 Å². The normalized spacial score (nSPS) is 14.9. The van der Waals surface area contributed by atoms with E-state index in [1.165, 1.54) is 7.05 Å². The molecule has 0 saturated heterocycles. The summed E-state index contributed by atoms with van der Waals surface area (Å²) in [7, 11) is -2.01. The Morgan fingerprint density at radius 3 is 2.26 bits per heavy atom. The van der Waals surface area contributed by atoms with Crippen LogP contribution in [0.2, 0.25) is 0 Å². The largest absolute Gasteiger partial charge is 0.396 e. The van der Waals surface area contributed by atoms with Crippen molar-refractivity contribution in [3.63, 3.8) is 0 Å². The Bertz CT molecular complexity index is 499. The number of aliphatic hydroxyl groups is 1. The smallest absolute Gasteiger partial charge is 0.240 e. The van der Waals surface area contributed by atoms with Crippen LogP contribution in [0.5, 0.6) is 0 Å². The van der Waals surface area contributed by atoms with Gasteiger partial charge in [-0.25, -0.2) is 13.1 Å². The molecule has 0 aliphatic carbocycles. The number of sulfonamides is 1. The molecule has 0 aliphatic heterocycles. The Kier molecular flexibility index (Phi) is 5.34. The van der Waals surface area contributed by atoms with Crippen LogP contribution in [0, 0.1) is 0 Å². The summed E-state index contributed by atoms with van der Waals surface area (Å²) in [4.78, 5) is 0.237. The average molecular weight is 286 g/mol. The van der Waals surface area contributed by atoms with Crippen molar-refractivity contribution in [1.82, 2.24) is 4.72 Å². The molecule has 0 amide bonds. The van der Waals surface area contributed by atoms with Crippen molar-refractivity contribution >= 4 is 15.7 Å². The summed E-state index contributed by atoms with van der Waals surface area (Å²) >= 11 is 0. The van der Waals surface area contributed by atoms with E-state index in [1.54, 1.807) is 24.3 Å². The first-order valence-electron chi connectivity index (χ1n) is 6.29. The minimum Gasteiger partial charge on any atom is -0.396 e. The monoisotopic (exact) mass is 286 g/mol. The third kappa shape index (κ3) is 4.19. The fourth-order valence-electron chi connectivity index (χ4n) is 1.76. The van der Waals surface area contributed by atoms with Gasteiger partial charge in [-0.3, -0.25) is 0 Å². The standard InChI is InChI=1S/C13H22N2O3S/c1-4-13(2,9-10-16)15-11-5-7-12(8-6-11)19(17,18)14-3/h5-8,14-16H,4,9-10H2,1-3H3. The van der Waals surface area contributed by atoms with E-state index in [0.29, 0.717) is 6.42 Å². The molecule has 0 aromatic heterocycles. The van der Waals surface area contributed by atoms with Crippen LogP contribution in [0.4, 0.5) is 5.69 Å². The van der Waals surface area contributed by atoms with Gasteiger partial charge in [-0.15, -0.1) is 0 Å². The van der Waals surface area contributed by atoms with Crippen molar-refractivity contribution in [2.75, 3.05) is 19.0 Å². The lowest BCUT2D eigenvalue weighted by Gasteiger charge is -2.30. The number of rotatable bonds is 7. The van der Waals surface area contributed by atoms with E-state index in [0.717, 1.165) is 12.1 Å². The van der Waals surface area contributed by atoms with Crippen LogP contribution >= 0.6 is 0 Å². The molecule has 0 radical (unpaired) electrons. The maximum absolute atomic E-state index is 11.6. The van der Waals surface area contributed by atoms with Crippen LogP contribution in [0.1, 0.15) is 26.7 Å². The molecule has 0 bridgehead atoms. The van der Waals surface area contributed by atoms with E-state index >= 15 is 0 Å². The molecule has 0 saturated carbocycles. The second kappa shape index (κ2) is 6.36. The highest BCUT2D eigenvalue weighted by Crippen LogP contribution is 2.22. The number of hydrogen-bond acceptors (Lipinski definition) is 4. The van der Waals surface area contributed by atoms with Gasteiger partial charge in [0.2, 0.25) is 10.0 Å². The molecule has 1 aromatic carbocycles. The zero-order valence-corrected chi connectivity index (χ0v) is 12.4. The predicted octanol–water partition coefficient (Wildman–Crippen LogP) is 1.56. The lowest BCUT2D eigenvalue weighted by atomic mass is 9.94. The number of nitrogens with one attached hydrogen (secondary N) is 2. The molecule has 0 fully saturated rings.